The second kappa shape index (κ2) is 8.39. The number of benzene rings is 1. The summed E-state index contributed by atoms with van der Waals surface area (Å²) in [7, 11) is 6.33. The van der Waals surface area contributed by atoms with Crippen LogP contribution >= 0.6 is 0 Å². The Morgan fingerprint density at radius 1 is 0.875 bits per heavy atom. The molecule has 8 heteroatoms. The zero-order valence-electron chi connectivity index (χ0n) is 14.0. The molecule has 0 aliphatic rings. The first kappa shape index (κ1) is 18.8. The van der Waals surface area contributed by atoms with E-state index in [4.69, 9.17) is 20.0 Å². The number of carbonyl (C=O) groups is 2. The molecule has 0 saturated heterocycles. The minimum Gasteiger partial charge on any atom is -0.480 e. The average molecular weight is 330 g/mol. The third-order valence-electron chi connectivity index (χ3n) is 3.02. The molecule has 0 bridgehead atoms. The largest absolute Gasteiger partial charge is 0.480 e. The second-order valence-electron chi connectivity index (χ2n) is 5.22. The quantitative estimate of drug-likeness (QED) is 0.745. The molecule has 0 spiro atoms. The zero-order valence-corrected chi connectivity index (χ0v) is 14.0. The highest BCUT2D eigenvalue weighted by atomic mass is 16.5. The standard InChI is InChI=1S/C16H18N4O4/c1-19(2)15(21)9-23-13-5-11(7-17)12(8-18)6-14(13)24-10-16(22)20(3)4/h5-6H,9-10H2,1-4H3. The van der Waals surface area contributed by atoms with Crippen molar-refractivity contribution in [1.29, 1.82) is 10.5 Å². The number of likely N-dealkylation sites (N-methyl/N-ethyl adjacent to an activating group) is 2. The van der Waals surface area contributed by atoms with Gasteiger partial charge in [-0.05, 0) is 0 Å². The highest BCUT2D eigenvalue weighted by Crippen LogP contribution is 2.31. The summed E-state index contributed by atoms with van der Waals surface area (Å²) in [4.78, 5) is 26.0. The molecule has 0 heterocycles. The lowest BCUT2D eigenvalue weighted by molar-refractivity contribution is -0.132. The molecule has 1 rings (SSSR count). The summed E-state index contributed by atoms with van der Waals surface area (Å²) in [6.45, 7) is -0.524. The Morgan fingerprint density at radius 2 is 1.21 bits per heavy atom. The summed E-state index contributed by atoms with van der Waals surface area (Å²) >= 11 is 0. The molecule has 0 saturated carbocycles. The van der Waals surface area contributed by atoms with Crippen molar-refractivity contribution in [3.8, 4) is 23.6 Å². The van der Waals surface area contributed by atoms with Gasteiger partial charge in [0.25, 0.3) is 11.8 Å². The van der Waals surface area contributed by atoms with Crippen LogP contribution in [0.25, 0.3) is 0 Å². The SMILES string of the molecule is CN(C)C(=O)COc1cc(C#N)c(C#N)cc1OCC(=O)N(C)C. The molecule has 2 amide bonds. The maximum Gasteiger partial charge on any atom is 0.259 e. The molecule has 0 aliphatic heterocycles. The van der Waals surface area contributed by atoms with E-state index >= 15 is 0 Å². The van der Waals surface area contributed by atoms with Crippen LogP contribution < -0.4 is 9.47 Å². The van der Waals surface area contributed by atoms with Crippen molar-refractivity contribution in [2.75, 3.05) is 41.4 Å². The summed E-state index contributed by atoms with van der Waals surface area (Å²) in [5.41, 5.74) is 0.187. The van der Waals surface area contributed by atoms with Crippen molar-refractivity contribution in [3.05, 3.63) is 23.3 Å². The summed E-state index contributed by atoms with van der Waals surface area (Å²) in [5, 5.41) is 18.2. The third-order valence-corrected chi connectivity index (χ3v) is 3.02. The highest BCUT2D eigenvalue weighted by molar-refractivity contribution is 5.78. The van der Waals surface area contributed by atoms with Gasteiger partial charge in [-0.3, -0.25) is 9.59 Å². The highest BCUT2D eigenvalue weighted by Gasteiger charge is 2.16. The van der Waals surface area contributed by atoms with E-state index in [-0.39, 0.29) is 47.7 Å². The van der Waals surface area contributed by atoms with E-state index in [9.17, 15) is 9.59 Å². The smallest absolute Gasteiger partial charge is 0.259 e. The molecule has 0 atom stereocenters. The lowest BCUT2D eigenvalue weighted by Crippen LogP contribution is -2.28. The van der Waals surface area contributed by atoms with E-state index in [1.165, 1.54) is 21.9 Å². The van der Waals surface area contributed by atoms with E-state index in [2.05, 4.69) is 0 Å². The molecule has 0 fully saturated rings. The number of amides is 2. The Labute approximate surface area is 140 Å². The fourth-order valence-electron chi connectivity index (χ4n) is 1.51. The van der Waals surface area contributed by atoms with Crippen LogP contribution in [0.15, 0.2) is 12.1 Å². The molecular weight excluding hydrogens is 312 g/mol. The van der Waals surface area contributed by atoms with Crippen LogP contribution in [-0.2, 0) is 9.59 Å². The molecule has 1 aromatic carbocycles. The molecule has 24 heavy (non-hydrogen) atoms. The van der Waals surface area contributed by atoms with Gasteiger partial charge in [0.15, 0.2) is 24.7 Å². The van der Waals surface area contributed by atoms with E-state index in [0.717, 1.165) is 0 Å². The van der Waals surface area contributed by atoms with Gasteiger partial charge >= 0.3 is 0 Å². The predicted octanol–water partition coefficient (Wildman–Crippen LogP) is 0.364. The van der Waals surface area contributed by atoms with Crippen LogP contribution in [0.5, 0.6) is 11.5 Å². The number of rotatable bonds is 6. The van der Waals surface area contributed by atoms with Gasteiger partial charge in [0, 0.05) is 40.3 Å². The topological polar surface area (TPSA) is 107 Å². The Kier molecular flexibility index (Phi) is 6.57. The number of carbonyl (C=O) groups excluding carboxylic acids is 2. The predicted molar refractivity (Wildman–Crippen MR) is 84.3 cm³/mol. The fourth-order valence-corrected chi connectivity index (χ4v) is 1.51. The van der Waals surface area contributed by atoms with E-state index < -0.39 is 0 Å². The van der Waals surface area contributed by atoms with Crippen LogP contribution in [0.2, 0.25) is 0 Å². The van der Waals surface area contributed by atoms with E-state index in [1.54, 1.807) is 28.2 Å². The molecule has 0 unspecified atom stereocenters. The zero-order chi connectivity index (χ0) is 18.3. The van der Waals surface area contributed by atoms with Gasteiger partial charge in [0.1, 0.15) is 12.1 Å². The number of ether oxygens (including phenoxy) is 2. The van der Waals surface area contributed by atoms with Crippen molar-refractivity contribution < 1.29 is 19.1 Å². The van der Waals surface area contributed by atoms with E-state index in [0.29, 0.717) is 0 Å². The third kappa shape index (κ3) is 4.89. The Bertz CT molecular complexity index is 653. The minimum absolute atomic E-state index is 0.0936. The molecule has 0 radical (unpaired) electrons. The average Bonchev–Trinajstić information content (AvgIpc) is 2.56. The summed E-state index contributed by atoms with van der Waals surface area (Å²) < 4.78 is 10.8. The monoisotopic (exact) mass is 330 g/mol. The van der Waals surface area contributed by atoms with Crippen LogP contribution in [0.1, 0.15) is 11.1 Å². The van der Waals surface area contributed by atoms with Gasteiger partial charge in [-0.2, -0.15) is 10.5 Å². The first-order valence-electron chi connectivity index (χ1n) is 6.94. The maximum absolute atomic E-state index is 11.6. The Balaban J connectivity index is 3.09. The lowest BCUT2D eigenvalue weighted by Gasteiger charge is -2.16. The lowest BCUT2D eigenvalue weighted by atomic mass is 10.1. The van der Waals surface area contributed by atoms with Crippen molar-refractivity contribution in [2.45, 2.75) is 0 Å². The molecule has 0 aromatic heterocycles. The Morgan fingerprint density at radius 3 is 1.46 bits per heavy atom. The molecular formula is C16H18N4O4. The second-order valence-corrected chi connectivity index (χ2v) is 5.22. The first-order valence-corrected chi connectivity index (χ1v) is 6.94. The van der Waals surface area contributed by atoms with Gasteiger partial charge < -0.3 is 19.3 Å². The van der Waals surface area contributed by atoms with Crippen LogP contribution in [0.3, 0.4) is 0 Å². The van der Waals surface area contributed by atoms with Crippen LogP contribution in [0.4, 0.5) is 0 Å². The van der Waals surface area contributed by atoms with Crippen LogP contribution in [0, 0.1) is 22.7 Å². The van der Waals surface area contributed by atoms with Crippen LogP contribution in [-0.4, -0.2) is 63.0 Å². The van der Waals surface area contributed by atoms with E-state index in [1.807, 2.05) is 12.1 Å². The van der Waals surface area contributed by atoms with Gasteiger partial charge in [0.2, 0.25) is 0 Å². The van der Waals surface area contributed by atoms with Gasteiger partial charge in [-0.15, -0.1) is 0 Å². The Hall–Kier alpha value is -3.26. The maximum atomic E-state index is 11.6. The van der Waals surface area contributed by atoms with Crippen molar-refractivity contribution >= 4 is 11.8 Å². The number of nitrogens with zero attached hydrogens (tertiary/aromatic N) is 4. The molecule has 126 valence electrons. The van der Waals surface area contributed by atoms with Crippen molar-refractivity contribution in [3.63, 3.8) is 0 Å². The van der Waals surface area contributed by atoms with Crippen molar-refractivity contribution in [1.82, 2.24) is 9.80 Å². The number of hydrogen-bond donors (Lipinski definition) is 0. The molecule has 0 N–H and O–H groups in total. The molecule has 1 aromatic rings. The number of hydrogen-bond acceptors (Lipinski definition) is 6. The molecule has 8 nitrogen and oxygen atoms in total. The fraction of sp³-hybridized carbons (Fsp3) is 0.375. The number of nitriles is 2. The van der Waals surface area contributed by atoms with Crippen molar-refractivity contribution in [2.24, 2.45) is 0 Å². The first-order chi connectivity index (χ1) is 11.3. The van der Waals surface area contributed by atoms with Gasteiger partial charge in [-0.25, -0.2) is 0 Å². The molecule has 0 aliphatic carbocycles. The summed E-state index contributed by atoms with van der Waals surface area (Å²) in [6.07, 6.45) is 0. The minimum atomic E-state index is -0.284. The summed E-state index contributed by atoms with van der Waals surface area (Å²) in [5.74, 6) is -0.332. The normalized spacial score (nSPS) is 9.42. The summed E-state index contributed by atoms with van der Waals surface area (Å²) in [6, 6.07) is 6.39. The van der Waals surface area contributed by atoms with Gasteiger partial charge in [-0.1, -0.05) is 0 Å². The van der Waals surface area contributed by atoms with Gasteiger partial charge in [0.05, 0.1) is 11.1 Å².